The molecule has 0 aliphatic carbocycles. The molecule has 0 rings (SSSR count). The maximum atomic E-state index is 5.34. The summed E-state index contributed by atoms with van der Waals surface area (Å²) in [6.45, 7) is 5.83. The van der Waals surface area contributed by atoms with Crippen LogP contribution >= 0.6 is 0 Å². The van der Waals surface area contributed by atoms with Gasteiger partial charge in [0.1, 0.15) is 0 Å². The highest BCUT2D eigenvalue weighted by Crippen LogP contribution is 1.84. The van der Waals surface area contributed by atoms with Crippen LogP contribution in [0.5, 0.6) is 0 Å². The Bertz CT molecular complexity index is 131. The summed E-state index contributed by atoms with van der Waals surface area (Å²) in [5.74, 6) is 5.34. The van der Waals surface area contributed by atoms with Gasteiger partial charge in [-0.15, -0.1) is 0 Å². The van der Waals surface area contributed by atoms with Crippen molar-refractivity contribution in [1.82, 2.24) is 5.01 Å². The summed E-state index contributed by atoms with van der Waals surface area (Å²) in [4.78, 5) is 3.77. The van der Waals surface area contributed by atoms with E-state index < -0.39 is 0 Å². The molecule has 0 fully saturated rings. The second kappa shape index (κ2) is 4.81. The van der Waals surface area contributed by atoms with Gasteiger partial charge in [-0.1, -0.05) is 6.58 Å². The third kappa shape index (κ3) is 3.09. The van der Waals surface area contributed by atoms with Crippen LogP contribution in [-0.4, -0.2) is 24.7 Å². The van der Waals surface area contributed by atoms with Gasteiger partial charge in [0.15, 0.2) is 0 Å². The zero-order chi connectivity index (χ0) is 7.98. The summed E-state index contributed by atoms with van der Waals surface area (Å²) in [7, 11) is 1.65. The summed E-state index contributed by atoms with van der Waals surface area (Å²) in [5.41, 5.74) is 0. The zero-order valence-electron chi connectivity index (χ0n) is 6.37. The Balaban J connectivity index is 3.97. The third-order valence-corrected chi connectivity index (χ3v) is 0.777. The molecule has 0 atom stereocenters. The Morgan fingerprint density at radius 2 is 2.50 bits per heavy atom. The molecule has 0 radical (unpaired) electrons. The molecule has 0 aliphatic heterocycles. The fourth-order valence-corrected chi connectivity index (χ4v) is 0.437. The molecule has 0 aliphatic rings. The van der Waals surface area contributed by atoms with E-state index in [0.717, 1.165) is 0 Å². The standard InChI is InChI=1S/C6H13N3O/c1-4-8-6(9(3)7)10-5-2/h4H,1,5,7H2,2-3H3/b8-6+. The van der Waals surface area contributed by atoms with Gasteiger partial charge < -0.3 is 4.74 Å². The van der Waals surface area contributed by atoms with E-state index in [1.807, 2.05) is 6.92 Å². The number of hydrogen-bond donors (Lipinski definition) is 1. The van der Waals surface area contributed by atoms with Gasteiger partial charge in [0.05, 0.1) is 6.61 Å². The largest absolute Gasteiger partial charge is 0.464 e. The molecule has 58 valence electrons. The lowest BCUT2D eigenvalue weighted by Gasteiger charge is -2.13. The second-order valence-corrected chi connectivity index (χ2v) is 1.64. The molecule has 0 aromatic rings. The van der Waals surface area contributed by atoms with Crippen molar-refractivity contribution in [2.75, 3.05) is 13.7 Å². The number of ether oxygens (including phenoxy) is 1. The van der Waals surface area contributed by atoms with Crippen LogP contribution in [0.4, 0.5) is 0 Å². The number of hydrazine groups is 1. The molecule has 4 heteroatoms. The molecule has 10 heavy (non-hydrogen) atoms. The topological polar surface area (TPSA) is 50.8 Å². The van der Waals surface area contributed by atoms with Gasteiger partial charge in [0.25, 0.3) is 0 Å². The van der Waals surface area contributed by atoms with E-state index >= 15 is 0 Å². The Hall–Kier alpha value is -1.03. The van der Waals surface area contributed by atoms with E-state index in [9.17, 15) is 0 Å². The Morgan fingerprint density at radius 1 is 1.90 bits per heavy atom. The molecule has 2 N–H and O–H groups in total. The van der Waals surface area contributed by atoms with Gasteiger partial charge in [0, 0.05) is 13.2 Å². The molecular weight excluding hydrogens is 130 g/mol. The fourth-order valence-electron chi connectivity index (χ4n) is 0.437. The molecule has 0 saturated heterocycles. The van der Waals surface area contributed by atoms with E-state index in [0.29, 0.717) is 12.6 Å². The first kappa shape index (κ1) is 8.97. The highest BCUT2D eigenvalue weighted by atomic mass is 16.5. The van der Waals surface area contributed by atoms with Crippen molar-refractivity contribution in [1.29, 1.82) is 0 Å². The minimum atomic E-state index is 0.373. The predicted molar refractivity (Wildman–Crippen MR) is 41.2 cm³/mol. The zero-order valence-corrected chi connectivity index (χ0v) is 6.37. The number of amidine groups is 1. The quantitative estimate of drug-likeness (QED) is 0.262. The van der Waals surface area contributed by atoms with Crippen molar-refractivity contribution in [3.63, 3.8) is 0 Å². The number of nitrogens with zero attached hydrogens (tertiary/aromatic N) is 2. The molecule has 0 amide bonds. The van der Waals surface area contributed by atoms with Gasteiger partial charge >= 0.3 is 6.02 Å². The molecule has 0 aromatic carbocycles. The minimum Gasteiger partial charge on any atom is -0.464 e. The van der Waals surface area contributed by atoms with Crippen molar-refractivity contribution in [2.24, 2.45) is 10.8 Å². The minimum absolute atomic E-state index is 0.373. The van der Waals surface area contributed by atoms with E-state index in [2.05, 4.69) is 11.6 Å². The van der Waals surface area contributed by atoms with Crippen LogP contribution in [0.25, 0.3) is 0 Å². The van der Waals surface area contributed by atoms with Crippen LogP contribution in [0.3, 0.4) is 0 Å². The van der Waals surface area contributed by atoms with Gasteiger partial charge in [-0.25, -0.2) is 10.8 Å². The molecule has 0 bridgehead atoms. The molecule has 0 aromatic heterocycles. The molecule has 0 heterocycles. The molecular formula is C6H13N3O. The van der Waals surface area contributed by atoms with Crippen LogP contribution in [0.1, 0.15) is 6.92 Å². The van der Waals surface area contributed by atoms with Crippen molar-refractivity contribution in [3.8, 4) is 0 Å². The molecule has 0 unspecified atom stereocenters. The lowest BCUT2D eigenvalue weighted by molar-refractivity contribution is 0.263. The third-order valence-electron chi connectivity index (χ3n) is 0.777. The predicted octanol–water partition coefficient (Wildman–Crippen LogP) is 0.328. The first-order chi connectivity index (χ1) is 4.72. The van der Waals surface area contributed by atoms with Crippen LogP contribution in [0.15, 0.2) is 17.8 Å². The smallest absolute Gasteiger partial charge is 0.306 e. The summed E-state index contributed by atoms with van der Waals surface area (Å²) < 4.78 is 5.02. The molecule has 0 saturated carbocycles. The maximum absolute atomic E-state index is 5.34. The first-order valence-electron chi connectivity index (χ1n) is 3.02. The van der Waals surface area contributed by atoms with Gasteiger partial charge in [-0.05, 0) is 6.92 Å². The number of aliphatic imine (C=N–C) groups is 1. The van der Waals surface area contributed by atoms with Crippen LogP contribution in [0, 0.1) is 0 Å². The average Bonchev–Trinajstić information content (AvgIpc) is 1.87. The van der Waals surface area contributed by atoms with Crippen LogP contribution in [-0.2, 0) is 4.74 Å². The summed E-state index contributed by atoms with van der Waals surface area (Å²) in [6, 6.07) is 0.373. The SMILES string of the molecule is C=C/N=C(/OCC)N(C)N. The maximum Gasteiger partial charge on any atom is 0.306 e. The lowest BCUT2D eigenvalue weighted by atomic mass is 10.8. The van der Waals surface area contributed by atoms with Crippen molar-refractivity contribution < 1.29 is 4.74 Å². The average molecular weight is 143 g/mol. The van der Waals surface area contributed by atoms with E-state index in [-0.39, 0.29) is 0 Å². The normalized spacial score (nSPS) is 10.9. The summed E-state index contributed by atoms with van der Waals surface area (Å²) >= 11 is 0. The van der Waals surface area contributed by atoms with Crippen molar-refractivity contribution in [2.45, 2.75) is 6.92 Å². The number of rotatable bonds is 2. The Morgan fingerprint density at radius 3 is 2.80 bits per heavy atom. The fraction of sp³-hybridized carbons (Fsp3) is 0.500. The monoisotopic (exact) mass is 143 g/mol. The highest BCUT2D eigenvalue weighted by Gasteiger charge is 1.98. The first-order valence-corrected chi connectivity index (χ1v) is 3.02. The second-order valence-electron chi connectivity index (χ2n) is 1.64. The molecule has 0 spiro atoms. The lowest BCUT2D eigenvalue weighted by Crippen LogP contribution is -2.34. The number of hydrogen-bond acceptors (Lipinski definition) is 3. The van der Waals surface area contributed by atoms with Gasteiger partial charge in [-0.3, -0.25) is 5.01 Å². The van der Waals surface area contributed by atoms with Gasteiger partial charge in [-0.2, -0.15) is 0 Å². The number of nitrogens with two attached hydrogens (primary N) is 1. The van der Waals surface area contributed by atoms with E-state index in [1.54, 1.807) is 7.05 Å². The summed E-state index contributed by atoms with van der Waals surface area (Å²) in [5, 5.41) is 1.30. The summed E-state index contributed by atoms with van der Waals surface area (Å²) in [6.07, 6.45) is 1.38. The van der Waals surface area contributed by atoms with Gasteiger partial charge in [0.2, 0.25) is 0 Å². The van der Waals surface area contributed by atoms with Crippen LogP contribution < -0.4 is 5.84 Å². The van der Waals surface area contributed by atoms with E-state index in [4.69, 9.17) is 10.6 Å². The Labute approximate surface area is 61.0 Å². The highest BCUT2D eigenvalue weighted by molar-refractivity contribution is 5.73. The van der Waals surface area contributed by atoms with Crippen molar-refractivity contribution in [3.05, 3.63) is 12.8 Å². The van der Waals surface area contributed by atoms with E-state index in [1.165, 1.54) is 11.2 Å². The Kier molecular flexibility index (Phi) is 4.32. The molecule has 4 nitrogen and oxygen atoms in total. The van der Waals surface area contributed by atoms with Crippen molar-refractivity contribution >= 4 is 6.02 Å². The van der Waals surface area contributed by atoms with Crippen LogP contribution in [0.2, 0.25) is 0 Å².